The highest BCUT2D eigenvalue weighted by Crippen LogP contribution is 2.35. The lowest BCUT2D eigenvalue weighted by Gasteiger charge is -2.45. The Morgan fingerprint density at radius 1 is 1.43 bits per heavy atom. The van der Waals surface area contributed by atoms with E-state index in [1.54, 1.807) is 0 Å². The molecular weight excluding hydrogens is 348 g/mol. The Labute approximate surface area is 142 Å². The third-order valence-electron chi connectivity index (χ3n) is 4.78. The van der Waals surface area contributed by atoms with Gasteiger partial charge in [-0.05, 0) is 66.5 Å². The Hall–Kier alpha value is -0.0900. The number of benzene rings is 1. The van der Waals surface area contributed by atoms with E-state index < -0.39 is 0 Å². The molecule has 1 aromatic rings. The van der Waals surface area contributed by atoms with Gasteiger partial charge in [0.05, 0.1) is 5.02 Å². The molecule has 2 rings (SSSR count). The Bertz CT molecular complexity index is 478. The van der Waals surface area contributed by atoms with Crippen molar-refractivity contribution in [2.24, 2.45) is 5.92 Å². The van der Waals surface area contributed by atoms with Crippen LogP contribution in [0.25, 0.3) is 0 Å². The van der Waals surface area contributed by atoms with Gasteiger partial charge in [0.25, 0.3) is 0 Å². The second kappa shape index (κ2) is 7.45. The van der Waals surface area contributed by atoms with Crippen LogP contribution in [0.2, 0.25) is 5.02 Å². The van der Waals surface area contributed by atoms with E-state index in [9.17, 15) is 0 Å². The Morgan fingerprint density at radius 2 is 2.19 bits per heavy atom. The maximum absolute atomic E-state index is 6.16. The molecule has 1 aliphatic rings. The summed E-state index contributed by atoms with van der Waals surface area (Å²) in [4.78, 5) is 2.42. The molecule has 0 radical (unpaired) electrons. The smallest absolute Gasteiger partial charge is 0.0551 e. The number of nitrogens with one attached hydrogen (secondary N) is 1. The zero-order valence-corrected chi connectivity index (χ0v) is 15.6. The van der Waals surface area contributed by atoms with Crippen molar-refractivity contribution < 1.29 is 0 Å². The number of hydrogen-bond acceptors (Lipinski definition) is 2. The molecule has 0 amide bonds. The SMILES string of the molecule is CC1CCCC(CNCc2ccc(Br)c(Cl)c2)(N(C)C)C1. The molecule has 1 fully saturated rings. The summed E-state index contributed by atoms with van der Waals surface area (Å²) in [5.41, 5.74) is 1.54. The van der Waals surface area contributed by atoms with E-state index >= 15 is 0 Å². The third-order valence-corrected chi connectivity index (χ3v) is 6.02. The summed E-state index contributed by atoms with van der Waals surface area (Å²) in [7, 11) is 4.44. The number of likely N-dealkylation sites (N-methyl/N-ethyl adjacent to an activating group) is 1. The maximum Gasteiger partial charge on any atom is 0.0551 e. The van der Waals surface area contributed by atoms with Crippen molar-refractivity contribution in [2.75, 3.05) is 20.6 Å². The molecule has 2 atom stereocenters. The minimum Gasteiger partial charge on any atom is -0.311 e. The molecular formula is C17H26BrClN2. The molecule has 0 aromatic heterocycles. The van der Waals surface area contributed by atoms with Gasteiger partial charge >= 0.3 is 0 Å². The van der Waals surface area contributed by atoms with Crippen LogP contribution in [-0.4, -0.2) is 31.1 Å². The Kier molecular flexibility index (Phi) is 6.13. The van der Waals surface area contributed by atoms with Gasteiger partial charge in [0.1, 0.15) is 0 Å². The summed E-state index contributed by atoms with van der Waals surface area (Å²) in [5, 5.41) is 4.43. The average Bonchev–Trinajstić information content (AvgIpc) is 2.42. The number of nitrogens with zero attached hydrogens (tertiary/aromatic N) is 1. The number of rotatable bonds is 5. The van der Waals surface area contributed by atoms with E-state index in [1.807, 2.05) is 12.1 Å². The van der Waals surface area contributed by atoms with Gasteiger partial charge < -0.3 is 10.2 Å². The van der Waals surface area contributed by atoms with Crippen LogP contribution in [0.15, 0.2) is 22.7 Å². The lowest BCUT2D eigenvalue weighted by Crippen LogP contribution is -2.54. The molecule has 2 unspecified atom stereocenters. The van der Waals surface area contributed by atoms with Crippen LogP contribution in [0.5, 0.6) is 0 Å². The summed E-state index contributed by atoms with van der Waals surface area (Å²) in [5.74, 6) is 0.824. The van der Waals surface area contributed by atoms with Gasteiger partial charge in [-0.2, -0.15) is 0 Å². The van der Waals surface area contributed by atoms with Crippen molar-refractivity contribution in [2.45, 2.75) is 44.7 Å². The fourth-order valence-corrected chi connectivity index (χ4v) is 3.90. The first-order valence-electron chi connectivity index (χ1n) is 7.75. The van der Waals surface area contributed by atoms with Crippen molar-refractivity contribution >= 4 is 27.5 Å². The van der Waals surface area contributed by atoms with Gasteiger partial charge in [0.2, 0.25) is 0 Å². The molecule has 1 aliphatic carbocycles. The highest BCUT2D eigenvalue weighted by molar-refractivity contribution is 9.10. The maximum atomic E-state index is 6.16. The van der Waals surface area contributed by atoms with Gasteiger partial charge in [0.15, 0.2) is 0 Å². The predicted molar refractivity (Wildman–Crippen MR) is 94.9 cm³/mol. The minimum absolute atomic E-state index is 0.302. The average molecular weight is 374 g/mol. The summed E-state index contributed by atoms with van der Waals surface area (Å²) >= 11 is 9.59. The van der Waals surface area contributed by atoms with E-state index in [2.05, 4.69) is 53.2 Å². The molecule has 118 valence electrons. The van der Waals surface area contributed by atoms with Crippen LogP contribution < -0.4 is 5.32 Å². The van der Waals surface area contributed by atoms with E-state index in [4.69, 9.17) is 11.6 Å². The van der Waals surface area contributed by atoms with E-state index in [0.717, 1.165) is 28.5 Å². The summed E-state index contributed by atoms with van der Waals surface area (Å²) in [6, 6.07) is 6.17. The van der Waals surface area contributed by atoms with Crippen LogP contribution in [0.3, 0.4) is 0 Å². The van der Waals surface area contributed by atoms with Crippen LogP contribution in [0.1, 0.15) is 38.2 Å². The van der Waals surface area contributed by atoms with Crippen molar-refractivity contribution in [1.82, 2.24) is 10.2 Å². The van der Waals surface area contributed by atoms with Crippen LogP contribution >= 0.6 is 27.5 Å². The molecule has 4 heteroatoms. The van der Waals surface area contributed by atoms with Crippen LogP contribution in [0.4, 0.5) is 0 Å². The third kappa shape index (κ3) is 4.44. The van der Waals surface area contributed by atoms with E-state index in [0.29, 0.717) is 5.54 Å². The molecule has 1 saturated carbocycles. The molecule has 1 aromatic carbocycles. The lowest BCUT2D eigenvalue weighted by molar-refractivity contribution is 0.0749. The molecule has 0 bridgehead atoms. The summed E-state index contributed by atoms with van der Waals surface area (Å²) in [6.07, 6.45) is 5.29. The molecule has 1 N–H and O–H groups in total. The lowest BCUT2D eigenvalue weighted by atomic mass is 9.75. The zero-order valence-electron chi connectivity index (χ0n) is 13.3. The molecule has 0 aliphatic heterocycles. The number of hydrogen-bond donors (Lipinski definition) is 1. The first kappa shape index (κ1) is 17.3. The van der Waals surface area contributed by atoms with Gasteiger partial charge in [-0.15, -0.1) is 0 Å². The van der Waals surface area contributed by atoms with Gasteiger partial charge in [-0.1, -0.05) is 37.4 Å². The van der Waals surface area contributed by atoms with E-state index in [1.165, 1.54) is 31.2 Å². The van der Waals surface area contributed by atoms with Crippen LogP contribution in [0, 0.1) is 5.92 Å². The van der Waals surface area contributed by atoms with Crippen molar-refractivity contribution in [3.8, 4) is 0 Å². The first-order chi connectivity index (χ1) is 9.93. The quantitative estimate of drug-likeness (QED) is 0.804. The Morgan fingerprint density at radius 3 is 2.81 bits per heavy atom. The highest BCUT2D eigenvalue weighted by Gasteiger charge is 2.36. The Balaban J connectivity index is 1.94. The summed E-state index contributed by atoms with van der Waals surface area (Å²) in [6.45, 7) is 4.29. The monoisotopic (exact) mass is 372 g/mol. The molecule has 0 heterocycles. The van der Waals surface area contributed by atoms with E-state index in [-0.39, 0.29) is 0 Å². The largest absolute Gasteiger partial charge is 0.311 e. The van der Waals surface area contributed by atoms with Crippen LogP contribution in [-0.2, 0) is 6.54 Å². The molecule has 0 spiro atoms. The normalized spacial score (nSPS) is 26.3. The minimum atomic E-state index is 0.302. The fraction of sp³-hybridized carbons (Fsp3) is 0.647. The predicted octanol–water partition coefficient (Wildman–Crippen LogP) is 4.70. The first-order valence-corrected chi connectivity index (χ1v) is 8.92. The summed E-state index contributed by atoms with van der Waals surface area (Å²) < 4.78 is 0.957. The van der Waals surface area contributed by atoms with Gasteiger partial charge in [-0.3, -0.25) is 0 Å². The second-order valence-corrected chi connectivity index (χ2v) is 7.93. The zero-order chi connectivity index (χ0) is 15.5. The molecule has 0 saturated heterocycles. The van der Waals surface area contributed by atoms with Gasteiger partial charge in [0, 0.05) is 23.1 Å². The fourth-order valence-electron chi connectivity index (χ4n) is 3.45. The molecule has 21 heavy (non-hydrogen) atoms. The number of halogens is 2. The second-order valence-electron chi connectivity index (χ2n) is 6.67. The van der Waals surface area contributed by atoms with Crippen molar-refractivity contribution in [3.63, 3.8) is 0 Å². The van der Waals surface area contributed by atoms with Crippen molar-refractivity contribution in [3.05, 3.63) is 33.3 Å². The standard InChI is InChI=1S/C17H26BrClN2/c1-13-5-4-8-17(10-13,21(2)3)12-20-11-14-6-7-15(18)16(19)9-14/h6-7,9,13,20H,4-5,8,10-12H2,1-3H3. The topological polar surface area (TPSA) is 15.3 Å². The molecule has 2 nitrogen and oxygen atoms in total. The van der Waals surface area contributed by atoms with Crippen molar-refractivity contribution in [1.29, 1.82) is 0 Å². The highest BCUT2D eigenvalue weighted by atomic mass is 79.9. The van der Waals surface area contributed by atoms with Gasteiger partial charge in [-0.25, -0.2) is 0 Å².